The van der Waals surface area contributed by atoms with E-state index in [0.717, 1.165) is 16.6 Å². The summed E-state index contributed by atoms with van der Waals surface area (Å²) in [4.78, 5) is 11.0. The van der Waals surface area contributed by atoms with E-state index in [9.17, 15) is 10.1 Å². The van der Waals surface area contributed by atoms with Crippen LogP contribution in [0.3, 0.4) is 0 Å². The van der Waals surface area contributed by atoms with Crippen molar-refractivity contribution in [3.05, 3.63) is 70.4 Å². The highest BCUT2D eigenvalue weighted by molar-refractivity contribution is 6.01. The molecule has 0 fully saturated rings. The summed E-state index contributed by atoms with van der Waals surface area (Å²) in [5, 5.41) is 12.3. The van der Waals surface area contributed by atoms with Gasteiger partial charge in [-0.25, -0.2) is 0 Å². The number of hydrogen-bond acceptors (Lipinski definition) is 2. The van der Waals surface area contributed by atoms with Crippen LogP contribution in [0.2, 0.25) is 0 Å². The van der Waals surface area contributed by atoms with Gasteiger partial charge in [-0.2, -0.15) is 4.58 Å². The molecule has 1 aliphatic heterocycles. The molecule has 0 bridgehead atoms. The number of nitrogens with zero attached hydrogens (tertiary/aromatic N) is 3. The van der Waals surface area contributed by atoms with Gasteiger partial charge in [-0.05, 0) is 12.1 Å². The van der Waals surface area contributed by atoms with Crippen molar-refractivity contribution < 1.29 is 9.50 Å². The number of rotatable bonds is 2. The van der Waals surface area contributed by atoms with Crippen molar-refractivity contribution in [3.8, 4) is 0 Å². The maximum atomic E-state index is 11.3. The molecular formula is C16H12N3O2+. The molecule has 3 aromatic rings. The second-order valence-corrected chi connectivity index (χ2v) is 5.05. The van der Waals surface area contributed by atoms with Gasteiger partial charge < -0.3 is 0 Å². The van der Waals surface area contributed by atoms with Crippen molar-refractivity contribution in [2.75, 3.05) is 0 Å². The molecule has 0 atom stereocenters. The molecule has 2 heterocycles. The third kappa shape index (κ3) is 1.74. The minimum Gasteiger partial charge on any atom is -0.291 e. The van der Waals surface area contributed by atoms with Crippen LogP contribution in [0.15, 0.2) is 54.7 Å². The summed E-state index contributed by atoms with van der Waals surface area (Å²) in [5.74, 6) is 0. The van der Waals surface area contributed by atoms with Crippen LogP contribution in [0, 0.1) is 10.1 Å². The molecule has 0 amide bonds. The average molecular weight is 278 g/mol. The molecule has 5 nitrogen and oxygen atoms in total. The molecule has 2 aromatic carbocycles. The highest BCUT2D eigenvalue weighted by Crippen LogP contribution is 2.30. The lowest BCUT2D eigenvalue weighted by Gasteiger charge is -2.12. The van der Waals surface area contributed by atoms with Crippen molar-refractivity contribution in [2.45, 2.75) is 6.67 Å². The molecule has 0 radical (unpaired) electrons. The molecule has 0 unspecified atom stereocenters. The average Bonchev–Trinajstić information content (AvgIpc) is 2.93. The van der Waals surface area contributed by atoms with Gasteiger partial charge in [0.25, 0.3) is 5.69 Å². The SMILES string of the molecule is O=[N+]([O-])c1ccc2ccn3c2c1C=[N+](c1ccccc1)C3. The molecule has 0 saturated heterocycles. The summed E-state index contributed by atoms with van der Waals surface area (Å²) in [6.07, 6.45) is 3.84. The molecule has 4 rings (SSSR count). The van der Waals surface area contributed by atoms with Crippen LogP contribution in [-0.4, -0.2) is 20.3 Å². The number of hydrogen-bond donors (Lipinski definition) is 0. The summed E-state index contributed by atoms with van der Waals surface area (Å²) in [6.45, 7) is 0.654. The lowest BCUT2D eigenvalue weighted by Crippen LogP contribution is -2.19. The summed E-state index contributed by atoms with van der Waals surface area (Å²) < 4.78 is 4.07. The van der Waals surface area contributed by atoms with Crippen molar-refractivity contribution >= 4 is 28.5 Å². The van der Waals surface area contributed by atoms with Crippen molar-refractivity contribution in [1.82, 2.24) is 4.57 Å². The fraction of sp³-hybridized carbons (Fsp3) is 0.0625. The van der Waals surface area contributed by atoms with Crippen LogP contribution in [0.25, 0.3) is 10.9 Å². The largest absolute Gasteiger partial charge is 0.291 e. The number of para-hydroxylation sites is 1. The minimum atomic E-state index is -0.322. The topological polar surface area (TPSA) is 51.1 Å². The molecule has 0 aliphatic carbocycles. The van der Waals surface area contributed by atoms with Crippen molar-refractivity contribution in [2.24, 2.45) is 0 Å². The van der Waals surface area contributed by atoms with E-state index in [-0.39, 0.29) is 10.6 Å². The second kappa shape index (κ2) is 4.28. The lowest BCUT2D eigenvalue weighted by molar-refractivity contribution is -0.472. The molecule has 0 saturated carbocycles. The van der Waals surface area contributed by atoms with E-state index in [2.05, 4.69) is 0 Å². The second-order valence-electron chi connectivity index (χ2n) is 5.05. The fourth-order valence-corrected chi connectivity index (χ4v) is 2.85. The molecule has 1 aliphatic rings. The zero-order valence-electron chi connectivity index (χ0n) is 11.1. The van der Waals surface area contributed by atoms with Gasteiger partial charge in [-0.15, -0.1) is 0 Å². The minimum absolute atomic E-state index is 0.142. The predicted molar refractivity (Wildman–Crippen MR) is 80.1 cm³/mol. The Balaban J connectivity index is 2.00. The Kier molecular flexibility index (Phi) is 2.41. The van der Waals surface area contributed by atoms with Gasteiger partial charge in [0.2, 0.25) is 12.4 Å². The lowest BCUT2D eigenvalue weighted by atomic mass is 10.1. The first-order valence-electron chi connectivity index (χ1n) is 6.67. The van der Waals surface area contributed by atoms with Gasteiger partial charge in [0.05, 0.1) is 10.4 Å². The fourth-order valence-electron chi connectivity index (χ4n) is 2.85. The van der Waals surface area contributed by atoms with Crippen LogP contribution >= 0.6 is 0 Å². The smallest absolute Gasteiger partial charge is 0.284 e. The van der Waals surface area contributed by atoms with Crippen LogP contribution in [0.5, 0.6) is 0 Å². The Morgan fingerprint density at radius 2 is 1.90 bits per heavy atom. The first-order valence-corrected chi connectivity index (χ1v) is 6.67. The first-order chi connectivity index (χ1) is 10.2. The summed E-state index contributed by atoms with van der Waals surface area (Å²) in [7, 11) is 0. The Hall–Kier alpha value is -2.95. The van der Waals surface area contributed by atoms with Gasteiger partial charge in [-0.1, -0.05) is 18.2 Å². The third-order valence-corrected chi connectivity index (χ3v) is 3.82. The van der Waals surface area contributed by atoms with E-state index in [4.69, 9.17) is 0 Å². The molecular weight excluding hydrogens is 266 g/mol. The molecule has 0 N–H and O–H groups in total. The number of nitro benzene ring substituents is 1. The summed E-state index contributed by atoms with van der Waals surface area (Å²) in [5.41, 5.74) is 2.75. The van der Waals surface area contributed by atoms with Gasteiger partial charge in [0, 0.05) is 29.8 Å². The van der Waals surface area contributed by atoms with Crippen molar-refractivity contribution in [3.63, 3.8) is 0 Å². The van der Waals surface area contributed by atoms with E-state index in [0.29, 0.717) is 12.2 Å². The van der Waals surface area contributed by atoms with Gasteiger partial charge >= 0.3 is 0 Å². The molecule has 5 heteroatoms. The van der Waals surface area contributed by atoms with Crippen LogP contribution in [0.4, 0.5) is 11.4 Å². The molecule has 102 valence electrons. The van der Waals surface area contributed by atoms with E-state index in [1.807, 2.05) is 58.0 Å². The summed E-state index contributed by atoms with van der Waals surface area (Å²) >= 11 is 0. The Bertz CT molecular complexity index is 895. The van der Waals surface area contributed by atoms with E-state index in [1.54, 1.807) is 12.1 Å². The van der Waals surface area contributed by atoms with Crippen LogP contribution < -0.4 is 0 Å². The maximum absolute atomic E-state index is 11.3. The Morgan fingerprint density at radius 3 is 2.67 bits per heavy atom. The maximum Gasteiger partial charge on any atom is 0.284 e. The molecule has 21 heavy (non-hydrogen) atoms. The number of aromatic nitrogens is 1. The third-order valence-electron chi connectivity index (χ3n) is 3.82. The van der Waals surface area contributed by atoms with Gasteiger partial charge in [0.1, 0.15) is 5.56 Å². The van der Waals surface area contributed by atoms with Gasteiger partial charge in [-0.3, -0.25) is 14.7 Å². The van der Waals surface area contributed by atoms with Crippen LogP contribution in [-0.2, 0) is 6.67 Å². The normalized spacial score (nSPS) is 13.2. The quantitative estimate of drug-likeness (QED) is 0.410. The number of nitro groups is 1. The monoisotopic (exact) mass is 278 g/mol. The number of benzene rings is 2. The van der Waals surface area contributed by atoms with E-state index >= 15 is 0 Å². The van der Waals surface area contributed by atoms with Crippen molar-refractivity contribution in [1.29, 1.82) is 0 Å². The molecule has 0 spiro atoms. The zero-order chi connectivity index (χ0) is 14.4. The van der Waals surface area contributed by atoms with E-state index in [1.165, 1.54) is 0 Å². The van der Waals surface area contributed by atoms with Crippen LogP contribution in [0.1, 0.15) is 5.56 Å². The highest BCUT2D eigenvalue weighted by atomic mass is 16.6. The standard InChI is InChI=1S/C16H12N3O2/c20-19(21)15-7-6-12-8-9-17-11-18(10-14(15)16(12)17)13-4-2-1-3-5-13/h1-10H,11H2/q+1. The highest BCUT2D eigenvalue weighted by Gasteiger charge is 2.26. The summed E-state index contributed by atoms with van der Waals surface area (Å²) in [6, 6.07) is 15.2. The first kappa shape index (κ1) is 11.8. The zero-order valence-corrected chi connectivity index (χ0v) is 11.1. The predicted octanol–water partition coefficient (Wildman–Crippen LogP) is 3.28. The Morgan fingerprint density at radius 1 is 1.10 bits per heavy atom. The van der Waals surface area contributed by atoms with Gasteiger partial charge in [0.15, 0.2) is 6.21 Å². The molecule has 1 aromatic heterocycles. The van der Waals surface area contributed by atoms with E-state index < -0.39 is 0 Å². The Labute approximate surface area is 120 Å².